The Kier molecular flexibility index (Phi) is 4.69. The molecule has 2 N–H and O–H groups in total. The minimum Gasteiger partial charge on any atom is -0.346 e. The first-order chi connectivity index (χ1) is 12.7. The maximum absolute atomic E-state index is 12.4. The molecule has 1 amide bonds. The average molecular weight is 348 g/mol. The number of rotatable bonds is 4. The maximum Gasteiger partial charge on any atom is 0.228 e. The Morgan fingerprint density at radius 1 is 1.27 bits per heavy atom. The predicted molar refractivity (Wildman–Crippen MR) is 103 cm³/mol. The molecule has 2 atom stereocenters. The van der Waals surface area contributed by atoms with Crippen LogP contribution in [0.25, 0.3) is 11.0 Å². The number of carbonyl (C=O) groups excluding carboxylic acids is 1. The van der Waals surface area contributed by atoms with Crippen LogP contribution in [0.4, 0.5) is 5.82 Å². The lowest BCUT2D eigenvalue weighted by Gasteiger charge is -2.25. The number of hydrogen-bond acceptors (Lipinski definition) is 3. The molecule has 5 heteroatoms. The molecule has 1 aliphatic rings. The van der Waals surface area contributed by atoms with Crippen molar-refractivity contribution in [3.63, 3.8) is 0 Å². The lowest BCUT2D eigenvalue weighted by Crippen LogP contribution is -2.27. The van der Waals surface area contributed by atoms with Crippen molar-refractivity contribution in [1.29, 1.82) is 0 Å². The molecule has 0 spiro atoms. The van der Waals surface area contributed by atoms with Gasteiger partial charge < -0.3 is 10.3 Å². The number of aromatic nitrogens is 3. The summed E-state index contributed by atoms with van der Waals surface area (Å²) in [7, 11) is 0. The van der Waals surface area contributed by atoms with Crippen LogP contribution in [0, 0.1) is 11.8 Å². The summed E-state index contributed by atoms with van der Waals surface area (Å²) < 4.78 is 0. The lowest BCUT2D eigenvalue weighted by molar-refractivity contribution is -0.121. The number of aromatic amines is 1. The molecule has 1 saturated carbocycles. The van der Waals surface area contributed by atoms with Gasteiger partial charge >= 0.3 is 0 Å². The number of H-pyrrole nitrogens is 1. The van der Waals surface area contributed by atoms with Crippen molar-refractivity contribution in [3.05, 3.63) is 54.0 Å². The minimum atomic E-state index is 0.111. The molecule has 0 aromatic carbocycles. The van der Waals surface area contributed by atoms with Crippen LogP contribution in [0.1, 0.15) is 43.7 Å². The van der Waals surface area contributed by atoms with Gasteiger partial charge in [0.2, 0.25) is 5.91 Å². The van der Waals surface area contributed by atoms with Crippen molar-refractivity contribution in [2.24, 2.45) is 11.8 Å². The second-order valence-electron chi connectivity index (χ2n) is 7.40. The highest BCUT2D eigenvalue weighted by Gasteiger charge is 2.25. The van der Waals surface area contributed by atoms with E-state index in [9.17, 15) is 4.79 Å². The van der Waals surface area contributed by atoms with Gasteiger partial charge in [-0.2, -0.15) is 0 Å². The number of anilines is 1. The fourth-order valence-electron chi connectivity index (χ4n) is 3.88. The van der Waals surface area contributed by atoms with Gasteiger partial charge in [0.05, 0.1) is 0 Å². The summed E-state index contributed by atoms with van der Waals surface area (Å²) in [6.45, 7) is 2.23. The van der Waals surface area contributed by atoms with Crippen molar-refractivity contribution in [3.8, 4) is 0 Å². The zero-order valence-electron chi connectivity index (χ0n) is 15.0. The Balaban J connectivity index is 1.41. The molecule has 3 heterocycles. The Hall–Kier alpha value is -2.69. The summed E-state index contributed by atoms with van der Waals surface area (Å²) in [5.41, 5.74) is 3.21. The fraction of sp³-hybridized carbons (Fsp3) is 0.381. The fourth-order valence-corrected chi connectivity index (χ4v) is 3.88. The van der Waals surface area contributed by atoms with Crippen molar-refractivity contribution >= 4 is 22.8 Å². The number of fused-ring (bicyclic) bond motifs is 1. The molecule has 0 radical (unpaired) electrons. The monoisotopic (exact) mass is 348 g/mol. The summed E-state index contributed by atoms with van der Waals surface area (Å²) in [4.78, 5) is 24.4. The third-order valence-corrected chi connectivity index (χ3v) is 5.31. The van der Waals surface area contributed by atoms with Gasteiger partial charge in [0.15, 0.2) is 0 Å². The highest BCUT2D eigenvalue weighted by molar-refractivity contribution is 5.91. The highest BCUT2D eigenvalue weighted by atomic mass is 16.1. The van der Waals surface area contributed by atoms with Crippen molar-refractivity contribution in [2.75, 3.05) is 5.32 Å². The minimum absolute atomic E-state index is 0.111. The van der Waals surface area contributed by atoms with E-state index in [1.54, 1.807) is 6.20 Å². The quantitative estimate of drug-likeness (QED) is 0.738. The van der Waals surface area contributed by atoms with E-state index in [1.807, 2.05) is 30.6 Å². The molecule has 4 rings (SSSR count). The third kappa shape index (κ3) is 3.62. The molecule has 1 fully saturated rings. The summed E-state index contributed by atoms with van der Waals surface area (Å²) in [6.07, 6.45) is 10.8. The summed E-state index contributed by atoms with van der Waals surface area (Å²) in [6, 6.07) is 7.94. The number of hydrogen-bond donors (Lipinski definition) is 2. The van der Waals surface area contributed by atoms with Gasteiger partial charge in [0.1, 0.15) is 11.5 Å². The van der Waals surface area contributed by atoms with E-state index in [-0.39, 0.29) is 11.8 Å². The normalized spacial score (nSPS) is 20.2. The molecule has 0 bridgehead atoms. The molecular weight excluding hydrogens is 324 g/mol. The van der Waals surface area contributed by atoms with E-state index in [4.69, 9.17) is 0 Å². The van der Waals surface area contributed by atoms with Crippen LogP contribution in [0.5, 0.6) is 0 Å². The molecule has 134 valence electrons. The van der Waals surface area contributed by atoms with Gasteiger partial charge in [-0.05, 0) is 48.1 Å². The summed E-state index contributed by atoms with van der Waals surface area (Å²) >= 11 is 0. The Morgan fingerprint density at radius 3 is 3.00 bits per heavy atom. The number of nitrogens with zero attached hydrogens (tertiary/aromatic N) is 2. The Morgan fingerprint density at radius 2 is 2.19 bits per heavy atom. The standard InChI is InChI=1S/C21H24N4O/c1-14-4-2-5-16(10-14)21(26)25-19-8-7-15(12-23-19)11-17-13-24-20-18(17)6-3-9-22-20/h3,6-9,12-14,16H,2,4-5,10-11H2,1H3,(H,22,24)(H,23,25,26)/t14?,16-/m0/s1. The van der Waals surface area contributed by atoms with Crippen LogP contribution in [0.3, 0.4) is 0 Å². The zero-order chi connectivity index (χ0) is 17.9. The topological polar surface area (TPSA) is 70.7 Å². The SMILES string of the molecule is CC1CCC[C@H](C(=O)Nc2ccc(Cc3c[nH]c4ncccc34)cn2)C1. The van der Waals surface area contributed by atoms with E-state index in [0.717, 1.165) is 42.3 Å². The number of pyridine rings is 2. The summed E-state index contributed by atoms with van der Waals surface area (Å²) in [5.74, 6) is 1.51. The molecule has 1 unspecified atom stereocenters. The highest BCUT2D eigenvalue weighted by Crippen LogP contribution is 2.29. The first kappa shape index (κ1) is 16.8. The van der Waals surface area contributed by atoms with Crippen LogP contribution in [-0.2, 0) is 11.2 Å². The first-order valence-corrected chi connectivity index (χ1v) is 9.36. The molecule has 0 aliphatic heterocycles. The van der Waals surface area contributed by atoms with E-state index in [0.29, 0.717) is 11.7 Å². The molecule has 0 saturated heterocycles. The number of carbonyl (C=O) groups is 1. The van der Waals surface area contributed by atoms with Crippen LogP contribution in [-0.4, -0.2) is 20.9 Å². The second kappa shape index (κ2) is 7.28. The first-order valence-electron chi connectivity index (χ1n) is 9.36. The van der Waals surface area contributed by atoms with Crippen molar-refractivity contribution in [2.45, 2.75) is 39.0 Å². The second-order valence-corrected chi connectivity index (χ2v) is 7.40. The number of amides is 1. The zero-order valence-corrected chi connectivity index (χ0v) is 15.0. The van der Waals surface area contributed by atoms with Gasteiger partial charge in [0.25, 0.3) is 0 Å². The van der Waals surface area contributed by atoms with E-state index in [2.05, 4.69) is 33.3 Å². The molecule has 3 aromatic heterocycles. The van der Waals surface area contributed by atoms with Crippen molar-refractivity contribution in [1.82, 2.24) is 15.0 Å². The van der Waals surface area contributed by atoms with Gasteiger partial charge in [-0.15, -0.1) is 0 Å². The van der Waals surface area contributed by atoms with E-state index in [1.165, 1.54) is 12.0 Å². The van der Waals surface area contributed by atoms with Crippen LogP contribution >= 0.6 is 0 Å². The Labute approximate surface area is 153 Å². The molecule has 26 heavy (non-hydrogen) atoms. The molecule has 1 aliphatic carbocycles. The Bertz CT molecular complexity index is 900. The van der Waals surface area contributed by atoms with Crippen LogP contribution in [0.2, 0.25) is 0 Å². The number of nitrogens with one attached hydrogen (secondary N) is 2. The van der Waals surface area contributed by atoms with E-state index >= 15 is 0 Å². The van der Waals surface area contributed by atoms with E-state index < -0.39 is 0 Å². The maximum atomic E-state index is 12.4. The molecular formula is C21H24N4O. The van der Waals surface area contributed by atoms with Crippen LogP contribution in [0.15, 0.2) is 42.9 Å². The summed E-state index contributed by atoms with van der Waals surface area (Å²) in [5, 5.41) is 4.12. The van der Waals surface area contributed by atoms with Gasteiger partial charge in [0, 0.05) is 36.3 Å². The van der Waals surface area contributed by atoms with Gasteiger partial charge in [-0.1, -0.05) is 25.8 Å². The smallest absolute Gasteiger partial charge is 0.228 e. The van der Waals surface area contributed by atoms with Gasteiger partial charge in [-0.25, -0.2) is 9.97 Å². The molecule has 5 nitrogen and oxygen atoms in total. The predicted octanol–water partition coefficient (Wildman–Crippen LogP) is 4.31. The van der Waals surface area contributed by atoms with Crippen molar-refractivity contribution < 1.29 is 4.79 Å². The van der Waals surface area contributed by atoms with Crippen LogP contribution < -0.4 is 5.32 Å². The van der Waals surface area contributed by atoms with Gasteiger partial charge in [-0.3, -0.25) is 4.79 Å². The molecule has 3 aromatic rings. The lowest BCUT2D eigenvalue weighted by atomic mass is 9.82. The largest absolute Gasteiger partial charge is 0.346 e. The average Bonchev–Trinajstić information content (AvgIpc) is 3.06. The third-order valence-electron chi connectivity index (χ3n) is 5.31.